The van der Waals surface area contributed by atoms with Crippen molar-refractivity contribution in [2.45, 2.75) is 34.1 Å². The van der Waals surface area contributed by atoms with Crippen molar-refractivity contribution in [3.63, 3.8) is 0 Å². The van der Waals surface area contributed by atoms with Gasteiger partial charge in [-0.25, -0.2) is 4.98 Å². The van der Waals surface area contributed by atoms with E-state index in [0.29, 0.717) is 43.0 Å². The quantitative estimate of drug-likeness (QED) is 0.761. The van der Waals surface area contributed by atoms with Crippen LogP contribution >= 0.6 is 0 Å². The Morgan fingerprint density at radius 2 is 2.15 bits per heavy atom. The van der Waals surface area contributed by atoms with Crippen molar-refractivity contribution < 1.29 is 14.6 Å². The van der Waals surface area contributed by atoms with E-state index in [0.717, 1.165) is 0 Å². The van der Waals surface area contributed by atoms with E-state index in [4.69, 9.17) is 4.74 Å². The lowest BCUT2D eigenvalue weighted by atomic mass is 9.97. The van der Waals surface area contributed by atoms with Gasteiger partial charge in [0, 0.05) is 12.6 Å². The maximum atomic E-state index is 11.2. The first kappa shape index (κ1) is 16.2. The Morgan fingerprint density at radius 1 is 1.45 bits per heavy atom. The highest BCUT2D eigenvalue weighted by Gasteiger charge is 2.19. The number of aromatic nitrogens is 2. The zero-order valence-electron chi connectivity index (χ0n) is 12.5. The summed E-state index contributed by atoms with van der Waals surface area (Å²) in [5.74, 6) is 0.801. The summed E-state index contributed by atoms with van der Waals surface area (Å²) in [4.78, 5) is 19.6. The number of hydrogen-bond acceptors (Lipinski definition) is 5. The Labute approximate surface area is 119 Å². The lowest BCUT2D eigenvalue weighted by Crippen LogP contribution is -2.24. The standard InChI is InChI=1S/C14H23N3O3/c1-5-20-13-7-12(16-10(4)17-13)15-8-11(14(18)19)6-9(2)3/h7,9,11H,5-6,8H2,1-4H3,(H,18,19)(H,15,16,17). The Balaban J connectivity index is 2.69. The van der Waals surface area contributed by atoms with Crippen molar-refractivity contribution >= 4 is 11.8 Å². The van der Waals surface area contributed by atoms with Crippen LogP contribution in [0.25, 0.3) is 0 Å². The topological polar surface area (TPSA) is 84.3 Å². The van der Waals surface area contributed by atoms with Crippen LogP contribution in [-0.2, 0) is 4.79 Å². The smallest absolute Gasteiger partial charge is 0.308 e. The fourth-order valence-corrected chi connectivity index (χ4v) is 1.92. The SMILES string of the molecule is CCOc1cc(NCC(CC(C)C)C(=O)O)nc(C)n1. The molecule has 0 fully saturated rings. The Morgan fingerprint density at radius 3 is 2.70 bits per heavy atom. The lowest BCUT2D eigenvalue weighted by Gasteiger charge is -2.16. The van der Waals surface area contributed by atoms with E-state index in [2.05, 4.69) is 15.3 Å². The van der Waals surface area contributed by atoms with Gasteiger partial charge in [0.2, 0.25) is 5.88 Å². The second-order valence-electron chi connectivity index (χ2n) is 5.12. The maximum Gasteiger partial charge on any atom is 0.308 e. The number of nitrogens with zero attached hydrogens (tertiary/aromatic N) is 2. The zero-order chi connectivity index (χ0) is 15.1. The number of carboxylic acids is 1. The number of anilines is 1. The summed E-state index contributed by atoms with van der Waals surface area (Å²) in [6, 6.07) is 1.69. The van der Waals surface area contributed by atoms with E-state index in [1.807, 2.05) is 20.8 Å². The molecule has 0 saturated carbocycles. The van der Waals surface area contributed by atoms with Crippen LogP contribution in [0.3, 0.4) is 0 Å². The molecule has 0 aliphatic carbocycles. The molecule has 0 saturated heterocycles. The minimum Gasteiger partial charge on any atom is -0.481 e. The second kappa shape index (κ2) is 7.67. The number of carbonyl (C=O) groups is 1. The maximum absolute atomic E-state index is 11.2. The summed E-state index contributed by atoms with van der Waals surface area (Å²) in [6.45, 7) is 8.55. The van der Waals surface area contributed by atoms with Gasteiger partial charge in [-0.3, -0.25) is 4.79 Å². The molecule has 112 valence electrons. The number of rotatable bonds is 8. The molecule has 1 aromatic rings. The molecule has 0 radical (unpaired) electrons. The first-order chi connectivity index (χ1) is 9.42. The van der Waals surface area contributed by atoms with E-state index in [1.165, 1.54) is 0 Å². The van der Waals surface area contributed by atoms with Crippen molar-refractivity contribution in [3.05, 3.63) is 11.9 Å². The van der Waals surface area contributed by atoms with Gasteiger partial charge < -0.3 is 15.2 Å². The van der Waals surface area contributed by atoms with E-state index >= 15 is 0 Å². The molecule has 1 rings (SSSR count). The van der Waals surface area contributed by atoms with Crippen LogP contribution in [-0.4, -0.2) is 34.2 Å². The molecular formula is C14H23N3O3. The van der Waals surface area contributed by atoms with E-state index in [9.17, 15) is 9.90 Å². The first-order valence-electron chi connectivity index (χ1n) is 6.87. The van der Waals surface area contributed by atoms with Crippen LogP contribution in [0.5, 0.6) is 5.88 Å². The molecule has 1 atom stereocenters. The molecular weight excluding hydrogens is 258 g/mol. The molecule has 0 aliphatic heterocycles. The van der Waals surface area contributed by atoms with Gasteiger partial charge in [-0.2, -0.15) is 4.98 Å². The van der Waals surface area contributed by atoms with Crippen molar-refractivity contribution in [3.8, 4) is 5.88 Å². The number of nitrogens with one attached hydrogen (secondary N) is 1. The molecule has 1 unspecified atom stereocenters. The molecule has 0 amide bonds. The fourth-order valence-electron chi connectivity index (χ4n) is 1.92. The number of ether oxygens (including phenoxy) is 1. The predicted octanol–water partition coefficient (Wildman–Crippen LogP) is 2.34. The molecule has 0 bridgehead atoms. The molecule has 6 nitrogen and oxygen atoms in total. The Bertz CT molecular complexity index is 449. The fraction of sp³-hybridized carbons (Fsp3) is 0.643. The molecule has 0 aromatic carbocycles. The van der Waals surface area contributed by atoms with Gasteiger partial charge in [0.15, 0.2) is 0 Å². The van der Waals surface area contributed by atoms with Gasteiger partial charge in [0.05, 0.1) is 12.5 Å². The molecule has 0 spiro atoms. The summed E-state index contributed by atoms with van der Waals surface area (Å²) in [7, 11) is 0. The summed E-state index contributed by atoms with van der Waals surface area (Å²) in [5.41, 5.74) is 0. The van der Waals surface area contributed by atoms with Crippen LogP contribution in [0.15, 0.2) is 6.07 Å². The average molecular weight is 281 g/mol. The molecule has 20 heavy (non-hydrogen) atoms. The van der Waals surface area contributed by atoms with Crippen LogP contribution in [0.4, 0.5) is 5.82 Å². The highest BCUT2D eigenvalue weighted by atomic mass is 16.5. The van der Waals surface area contributed by atoms with Gasteiger partial charge in [0.25, 0.3) is 0 Å². The van der Waals surface area contributed by atoms with Crippen LogP contribution in [0.1, 0.15) is 33.0 Å². The van der Waals surface area contributed by atoms with Crippen molar-refractivity contribution in [2.24, 2.45) is 11.8 Å². The van der Waals surface area contributed by atoms with Crippen LogP contribution in [0.2, 0.25) is 0 Å². The second-order valence-corrected chi connectivity index (χ2v) is 5.12. The largest absolute Gasteiger partial charge is 0.481 e. The molecule has 1 heterocycles. The Kier molecular flexibility index (Phi) is 6.21. The monoisotopic (exact) mass is 281 g/mol. The summed E-state index contributed by atoms with van der Waals surface area (Å²) in [6.07, 6.45) is 0.630. The van der Waals surface area contributed by atoms with Gasteiger partial charge in [-0.1, -0.05) is 13.8 Å². The average Bonchev–Trinajstić information content (AvgIpc) is 2.33. The molecule has 2 N–H and O–H groups in total. The Hall–Kier alpha value is -1.85. The minimum absolute atomic E-state index is 0.337. The van der Waals surface area contributed by atoms with Gasteiger partial charge in [-0.15, -0.1) is 0 Å². The highest BCUT2D eigenvalue weighted by molar-refractivity contribution is 5.70. The third-order valence-electron chi connectivity index (χ3n) is 2.74. The molecule has 1 aromatic heterocycles. The normalized spacial score (nSPS) is 12.2. The number of carboxylic acid groups (broad SMARTS) is 1. The summed E-state index contributed by atoms with van der Waals surface area (Å²) in [5, 5.41) is 12.3. The lowest BCUT2D eigenvalue weighted by molar-refractivity contribution is -0.141. The van der Waals surface area contributed by atoms with Gasteiger partial charge in [0.1, 0.15) is 11.6 Å². The van der Waals surface area contributed by atoms with E-state index in [1.54, 1.807) is 13.0 Å². The first-order valence-corrected chi connectivity index (χ1v) is 6.87. The predicted molar refractivity (Wildman–Crippen MR) is 77.0 cm³/mol. The van der Waals surface area contributed by atoms with Crippen LogP contribution < -0.4 is 10.1 Å². The van der Waals surface area contributed by atoms with Crippen molar-refractivity contribution in [1.29, 1.82) is 0 Å². The number of hydrogen-bond donors (Lipinski definition) is 2. The van der Waals surface area contributed by atoms with Crippen molar-refractivity contribution in [1.82, 2.24) is 9.97 Å². The third-order valence-corrected chi connectivity index (χ3v) is 2.74. The third kappa shape index (κ3) is 5.42. The minimum atomic E-state index is -0.790. The summed E-state index contributed by atoms with van der Waals surface area (Å²) < 4.78 is 5.34. The number of aryl methyl sites for hydroxylation is 1. The highest BCUT2D eigenvalue weighted by Crippen LogP contribution is 2.16. The molecule has 0 aliphatic rings. The van der Waals surface area contributed by atoms with Gasteiger partial charge >= 0.3 is 5.97 Å². The van der Waals surface area contributed by atoms with Crippen LogP contribution in [0, 0.1) is 18.8 Å². The zero-order valence-corrected chi connectivity index (χ0v) is 12.5. The van der Waals surface area contributed by atoms with E-state index in [-0.39, 0.29) is 0 Å². The van der Waals surface area contributed by atoms with Crippen molar-refractivity contribution in [2.75, 3.05) is 18.5 Å². The van der Waals surface area contributed by atoms with Gasteiger partial charge in [-0.05, 0) is 26.2 Å². The summed E-state index contributed by atoms with van der Waals surface area (Å²) >= 11 is 0. The molecule has 6 heteroatoms. The number of aliphatic carboxylic acids is 1. The van der Waals surface area contributed by atoms with E-state index < -0.39 is 11.9 Å².